The highest BCUT2D eigenvalue weighted by molar-refractivity contribution is 5.83. The first kappa shape index (κ1) is 12.8. The monoisotopic (exact) mass is 257 g/mol. The van der Waals surface area contributed by atoms with Crippen LogP contribution in [0.15, 0.2) is 40.5 Å². The van der Waals surface area contributed by atoms with Crippen LogP contribution in [0.1, 0.15) is 17.0 Å². The number of hydrogen-bond acceptors (Lipinski definition) is 2. The molecular weight excluding hydrogens is 240 g/mol. The number of nitrogens with one attached hydrogen (secondary N) is 1. The van der Waals surface area contributed by atoms with Crippen molar-refractivity contribution in [2.75, 3.05) is 0 Å². The minimum absolute atomic E-state index is 0.0574. The second kappa shape index (κ2) is 5.34. The molecule has 98 valence electrons. The van der Waals surface area contributed by atoms with Gasteiger partial charge in [0, 0.05) is 19.1 Å². The van der Waals surface area contributed by atoms with E-state index < -0.39 is 0 Å². The molecule has 19 heavy (non-hydrogen) atoms. The molecule has 0 unspecified atom stereocenters. The van der Waals surface area contributed by atoms with Crippen LogP contribution in [0.5, 0.6) is 0 Å². The van der Waals surface area contributed by atoms with Crippen molar-refractivity contribution in [3.8, 4) is 5.69 Å². The van der Waals surface area contributed by atoms with Crippen molar-refractivity contribution in [3.63, 3.8) is 0 Å². The molecule has 1 aromatic heterocycles. The second-order valence-corrected chi connectivity index (χ2v) is 4.18. The van der Waals surface area contributed by atoms with Crippen LogP contribution in [0, 0.1) is 13.8 Å². The van der Waals surface area contributed by atoms with Crippen molar-refractivity contribution in [1.29, 1.82) is 0 Å². The molecule has 6 nitrogen and oxygen atoms in total. The standard InChI is InChI=1S/C13H16N6/c1-9-12(8-16-17-13(14)15)10(2)19(18-9)11-6-4-3-5-7-11/h3-8H,1-2H3,(H4,14,15,17)/p+1/b16-8+. The molecule has 0 spiro atoms. The van der Waals surface area contributed by atoms with Gasteiger partial charge in [0.1, 0.15) is 0 Å². The molecule has 0 saturated heterocycles. The minimum atomic E-state index is -0.0574. The van der Waals surface area contributed by atoms with Crippen LogP contribution in [0.4, 0.5) is 0 Å². The smallest absolute Gasteiger partial charge is 0.235 e. The van der Waals surface area contributed by atoms with Gasteiger partial charge in [0.2, 0.25) is 17.3 Å². The molecule has 5 N–H and O–H groups in total. The predicted molar refractivity (Wildman–Crippen MR) is 75.2 cm³/mol. The highest BCUT2D eigenvalue weighted by atomic mass is 15.3. The Balaban J connectivity index is 2.41. The zero-order valence-corrected chi connectivity index (χ0v) is 11.0. The molecule has 0 aliphatic rings. The zero-order chi connectivity index (χ0) is 13.8. The first-order valence-corrected chi connectivity index (χ1v) is 5.88. The first-order chi connectivity index (χ1) is 9.09. The Morgan fingerprint density at radius 1 is 1.21 bits per heavy atom. The van der Waals surface area contributed by atoms with Gasteiger partial charge in [0.15, 0.2) is 0 Å². The summed E-state index contributed by atoms with van der Waals surface area (Å²) in [5.41, 5.74) is 14.5. The van der Waals surface area contributed by atoms with E-state index in [-0.39, 0.29) is 5.96 Å². The van der Waals surface area contributed by atoms with Crippen LogP contribution in [-0.2, 0) is 0 Å². The van der Waals surface area contributed by atoms with Gasteiger partial charge in [-0.25, -0.2) is 0 Å². The van der Waals surface area contributed by atoms with E-state index in [1.165, 1.54) is 0 Å². The molecule has 0 bridgehead atoms. The van der Waals surface area contributed by atoms with Gasteiger partial charge in [-0.2, -0.15) is 10.2 Å². The summed E-state index contributed by atoms with van der Waals surface area (Å²) in [7, 11) is 0. The highest BCUT2D eigenvalue weighted by Gasteiger charge is 2.19. The van der Waals surface area contributed by atoms with Gasteiger partial charge in [-0.1, -0.05) is 22.9 Å². The lowest BCUT2D eigenvalue weighted by Gasteiger charge is -1.92. The Morgan fingerprint density at radius 2 is 1.89 bits per heavy atom. The van der Waals surface area contributed by atoms with Gasteiger partial charge in [0.25, 0.3) is 0 Å². The van der Waals surface area contributed by atoms with Crippen molar-refractivity contribution < 1.29 is 4.68 Å². The molecule has 0 radical (unpaired) electrons. The topological polar surface area (TPSA) is 96.4 Å². The Hall–Kier alpha value is -2.63. The summed E-state index contributed by atoms with van der Waals surface area (Å²) in [6.45, 7) is 3.98. The summed E-state index contributed by atoms with van der Waals surface area (Å²) in [4.78, 5) is 0. The van der Waals surface area contributed by atoms with Crippen LogP contribution in [0.3, 0.4) is 0 Å². The van der Waals surface area contributed by atoms with Crippen LogP contribution < -0.4 is 16.1 Å². The maximum atomic E-state index is 5.23. The Morgan fingerprint density at radius 3 is 2.53 bits per heavy atom. The van der Waals surface area contributed by atoms with E-state index in [0.29, 0.717) is 0 Å². The van der Waals surface area contributed by atoms with Crippen molar-refractivity contribution in [2.24, 2.45) is 21.7 Å². The number of aryl methyl sites for hydroxylation is 1. The van der Waals surface area contributed by atoms with Crippen molar-refractivity contribution in [2.45, 2.75) is 13.8 Å². The number of H-pyrrole nitrogens is 1. The summed E-state index contributed by atoms with van der Waals surface area (Å²) >= 11 is 0. The number of nitrogens with zero attached hydrogens (tertiary/aromatic N) is 3. The number of aromatic nitrogens is 2. The molecule has 1 heterocycles. The fraction of sp³-hybridized carbons (Fsp3) is 0.154. The van der Waals surface area contributed by atoms with Crippen molar-refractivity contribution in [3.05, 3.63) is 47.3 Å². The van der Waals surface area contributed by atoms with E-state index >= 15 is 0 Å². The number of benzene rings is 1. The van der Waals surface area contributed by atoms with Crippen LogP contribution in [0.2, 0.25) is 0 Å². The Kier molecular flexibility index (Phi) is 3.61. The summed E-state index contributed by atoms with van der Waals surface area (Å²) in [6.07, 6.45) is 1.64. The molecule has 1 aromatic carbocycles. The van der Waals surface area contributed by atoms with Crippen LogP contribution >= 0.6 is 0 Å². The van der Waals surface area contributed by atoms with Crippen molar-refractivity contribution >= 4 is 12.2 Å². The molecule has 0 aliphatic carbocycles. The normalized spacial score (nSPS) is 10.8. The van der Waals surface area contributed by atoms with Crippen LogP contribution in [-0.4, -0.2) is 17.3 Å². The number of guanidine groups is 1. The van der Waals surface area contributed by atoms with Gasteiger partial charge in [-0.05, 0) is 6.92 Å². The average molecular weight is 257 g/mol. The van der Waals surface area contributed by atoms with E-state index in [0.717, 1.165) is 22.6 Å². The molecule has 2 aromatic rings. The molecule has 0 aliphatic heterocycles. The minimum Gasteiger partial charge on any atom is -0.369 e. The SMILES string of the molecule is Cc1[nH][n+](-c2ccccc2)c(C)c1/C=N/N=C(N)N. The van der Waals surface area contributed by atoms with Crippen molar-refractivity contribution in [1.82, 2.24) is 5.10 Å². The number of nitrogens with two attached hydrogens (primary N) is 2. The van der Waals surface area contributed by atoms with Gasteiger partial charge in [0.05, 0.1) is 17.5 Å². The van der Waals surface area contributed by atoms with Gasteiger partial charge in [-0.15, -0.1) is 5.10 Å². The lowest BCUT2D eigenvalue weighted by atomic mass is 10.2. The number of rotatable bonds is 3. The van der Waals surface area contributed by atoms with Gasteiger partial charge >= 0.3 is 0 Å². The average Bonchev–Trinajstić information content (AvgIpc) is 2.67. The maximum absolute atomic E-state index is 5.23. The first-order valence-electron chi connectivity index (χ1n) is 5.88. The Bertz CT molecular complexity index is 620. The lowest BCUT2D eigenvalue weighted by Crippen LogP contribution is -2.35. The van der Waals surface area contributed by atoms with Gasteiger partial charge < -0.3 is 11.5 Å². The molecule has 0 atom stereocenters. The molecule has 0 fully saturated rings. The molecule has 0 amide bonds. The van der Waals surface area contributed by atoms with E-state index in [1.54, 1.807) is 6.21 Å². The zero-order valence-electron chi connectivity index (χ0n) is 11.0. The quantitative estimate of drug-likeness (QED) is 0.323. The summed E-state index contributed by atoms with van der Waals surface area (Å²) in [5.74, 6) is -0.0574. The fourth-order valence-electron chi connectivity index (χ4n) is 1.88. The van der Waals surface area contributed by atoms with E-state index in [2.05, 4.69) is 15.3 Å². The highest BCUT2D eigenvalue weighted by Crippen LogP contribution is 2.08. The van der Waals surface area contributed by atoms with Gasteiger partial charge in [-0.3, -0.25) is 0 Å². The Labute approximate surface area is 111 Å². The third-order valence-electron chi connectivity index (χ3n) is 2.78. The second-order valence-electron chi connectivity index (χ2n) is 4.18. The lowest BCUT2D eigenvalue weighted by molar-refractivity contribution is -0.661. The summed E-state index contributed by atoms with van der Waals surface area (Å²) in [6, 6.07) is 10.0. The summed E-state index contributed by atoms with van der Waals surface area (Å²) in [5, 5.41) is 10.7. The third-order valence-corrected chi connectivity index (χ3v) is 2.78. The maximum Gasteiger partial charge on any atom is 0.235 e. The molecular formula is C13H17N6+. The number of para-hydroxylation sites is 1. The number of aromatic amines is 1. The molecule has 6 heteroatoms. The largest absolute Gasteiger partial charge is 0.369 e. The molecule has 2 rings (SSSR count). The third kappa shape index (κ3) is 2.79. The fourth-order valence-corrected chi connectivity index (χ4v) is 1.88. The molecule has 0 saturated carbocycles. The van der Waals surface area contributed by atoms with E-state index in [9.17, 15) is 0 Å². The van der Waals surface area contributed by atoms with E-state index in [4.69, 9.17) is 11.5 Å². The van der Waals surface area contributed by atoms with E-state index in [1.807, 2.05) is 48.9 Å². The number of hydrogen-bond donors (Lipinski definition) is 3. The predicted octanol–water partition coefficient (Wildman–Crippen LogP) is 0.516. The summed E-state index contributed by atoms with van der Waals surface area (Å²) < 4.78 is 1.99. The van der Waals surface area contributed by atoms with Crippen LogP contribution in [0.25, 0.3) is 5.69 Å².